The van der Waals surface area contributed by atoms with Gasteiger partial charge in [-0.05, 0) is 0 Å². The van der Waals surface area contributed by atoms with Crippen LogP contribution in [0.25, 0.3) is 0 Å². The van der Waals surface area contributed by atoms with Gasteiger partial charge < -0.3 is 14.8 Å². The van der Waals surface area contributed by atoms with E-state index in [2.05, 4.69) is 10.6 Å². The predicted molar refractivity (Wildman–Crippen MR) is 62.8 cm³/mol. The number of nitrogens with zero attached hydrogens (tertiary/aromatic N) is 1. The summed E-state index contributed by atoms with van der Waals surface area (Å²) in [5, 5.41) is 4.45. The first-order valence-electron chi connectivity index (χ1n) is 4.92. The Morgan fingerprint density at radius 1 is 1.50 bits per heavy atom. The number of amides is 4. The van der Waals surface area contributed by atoms with Crippen molar-refractivity contribution in [3.05, 3.63) is 0 Å². The lowest BCUT2D eigenvalue weighted by molar-refractivity contribution is -0.173. The molecule has 0 aliphatic carbocycles. The molecule has 0 aromatic rings. The molecule has 8 nitrogen and oxygen atoms in total. The largest absolute Gasteiger partial charge is 0.358 e. The topological polar surface area (TPSA) is 97.0 Å². The number of hydrogen-bond donors (Lipinski definition) is 2. The summed E-state index contributed by atoms with van der Waals surface area (Å²) in [4.78, 5) is 32.8. The monoisotopic (exact) mass is 281 g/mol. The van der Waals surface area contributed by atoms with Crippen LogP contribution in [0.3, 0.4) is 0 Å². The molecule has 1 saturated heterocycles. The van der Waals surface area contributed by atoms with Gasteiger partial charge in [0.05, 0.1) is 0 Å². The third-order valence-corrected chi connectivity index (χ3v) is 2.12. The molecule has 1 fully saturated rings. The average molecular weight is 282 g/mol. The highest BCUT2D eigenvalue weighted by Crippen LogP contribution is 2.05. The molecule has 2 N–H and O–H groups in total. The lowest BCUT2D eigenvalue weighted by Gasteiger charge is -2.21. The number of methoxy groups -OCH3 is 2. The summed E-state index contributed by atoms with van der Waals surface area (Å²) in [6.07, 6.45) is -0.795. The van der Waals surface area contributed by atoms with Crippen LogP contribution in [-0.4, -0.2) is 62.9 Å². The fraction of sp³-hybridized carbons (Fsp3) is 0.667. The molecule has 0 bridgehead atoms. The van der Waals surface area contributed by atoms with Gasteiger partial charge in [0.25, 0.3) is 0 Å². The normalized spacial score (nSPS) is 14.2. The van der Waals surface area contributed by atoms with E-state index in [1.807, 2.05) is 0 Å². The first-order chi connectivity index (χ1) is 8.49. The molecule has 0 radical (unpaired) electrons. The van der Waals surface area contributed by atoms with E-state index < -0.39 is 12.4 Å². The van der Waals surface area contributed by atoms with Crippen molar-refractivity contribution in [2.24, 2.45) is 0 Å². The molecule has 0 unspecified atom stereocenters. The highest BCUT2D eigenvalue weighted by Gasteiger charge is 2.32. The van der Waals surface area contributed by atoms with Crippen LogP contribution in [0.5, 0.6) is 0 Å². The molecule has 0 aromatic carbocycles. The van der Waals surface area contributed by atoms with Crippen LogP contribution >= 0.6 is 11.6 Å². The molecule has 0 aromatic heterocycles. The van der Waals surface area contributed by atoms with Gasteiger partial charge in [0.15, 0.2) is 0 Å². The summed E-state index contributed by atoms with van der Waals surface area (Å²) in [6.45, 7) is -0.0226. The summed E-state index contributed by atoms with van der Waals surface area (Å²) < 4.78 is 9.59. The van der Waals surface area contributed by atoms with Crippen molar-refractivity contribution >= 4 is 29.4 Å². The zero-order valence-corrected chi connectivity index (χ0v) is 11.1. The molecule has 1 aliphatic rings. The smallest absolute Gasteiger partial charge is 0.328 e. The van der Waals surface area contributed by atoms with E-state index in [9.17, 15) is 14.4 Å². The van der Waals surface area contributed by atoms with Crippen LogP contribution in [-0.2, 0) is 19.1 Å². The number of alkyl halides is 1. The minimum atomic E-state index is -0.795. The number of nitrogens with one attached hydrogen (secondary N) is 2. The van der Waals surface area contributed by atoms with Gasteiger partial charge in [-0.15, -0.1) is 11.6 Å². The first-order valence-corrected chi connectivity index (χ1v) is 5.46. The summed E-state index contributed by atoms with van der Waals surface area (Å²) in [7, 11) is 4.33. The maximum Gasteiger partial charge on any atom is 0.328 e. The van der Waals surface area contributed by atoms with Crippen molar-refractivity contribution in [2.75, 3.05) is 33.7 Å². The van der Waals surface area contributed by atoms with Gasteiger partial charge in [-0.1, -0.05) is 0 Å². The lowest BCUT2D eigenvalue weighted by Crippen LogP contribution is -2.40. The Bertz CT molecular complexity index is 303. The number of hydrogen-bond acceptors (Lipinski definition) is 5. The van der Waals surface area contributed by atoms with Crippen LogP contribution in [0.1, 0.15) is 0 Å². The Labute approximate surface area is 110 Å². The third kappa shape index (κ3) is 5.30. The Morgan fingerprint density at radius 3 is 2.28 bits per heavy atom. The fourth-order valence-corrected chi connectivity index (χ4v) is 1.18. The van der Waals surface area contributed by atoms with Crippen molar-refractivity contribution < 1.29 is 23.9 Å². The van der Waals surface area contributed by atoms with Gasteiger partial charge in [0, 0.05) is 21.3 Å². The van der Waals surface area contributed by atoms with E-state index in [4.69, 9.17) is 21.1 Å². The summed E-state index contributed by atoms with van der Waals surface area (Å²) >= 11 is 5.04. The molecule has 0 saturated carbocycles. The number of urea groups is 1. The van der Waals surface area contributed by atoms with E-state index >= 15 is 0 Å². The quantitative estimate of drug-likeness (QED) is 0.395. The molecule has 0 spiro atoms. The number of carbonyl (C=O) groups excluding carboxylic acids is 3. The van der Waals surface area contributed by atoms with Crippen molar-refractivity contribution in [2.45, 2.75) is 6.41 Å². The molecule has 18 heavy (non-hydrogen) atoms. The maximum atomic E-state index is 11.0. The van der Waals surface area contributed by atoms with Crippen LogP contribution < -0.4 is 10.6 Å². The Hall–Kier alpha value is -1.38. The first kappa shape index (κ1) is 16.6. The molecule has 1 rings (SSSR count). The Morgan fingerprint density at radius 2 is 2.06 bits per heavy atom. The third-order valence-electron chi connectivity index (χ3n) is 1.88. The molecule has 104 valence electrons. The number of ether oxygens (including phenoxy) is 2. The highest BCUT2D eigenvalue weighted by molar-refractivity contribution is 6.27. The minimum Gasteiger partial charge on any atom is -0.358 e. The zero-order valence-electron chi connectivity index (χ0n) is 10.4. The van der Waals surface area contributed by atoms with Gasteiger partial charge in [-0.2, -0.15) is 0 Å². The van der Waals surface area contributed by atoms with Gasteiger partial charge in [-0.25, -0.2) is 4.79 Å². The molecule has 1 aliphatic heterocycles. The lowest BCUT2D eigenvalue weighted by atomic mass is 10.6. The van der Waals surface area contributed by atoms with E-state index in [1.165, 1.54) is 14.2 Å². The highest BCUT2D eigenvalue weighted by atomic mass is 35.5. The second-order valence-electron chi connectivity index (χ2n) is 3.07. The fourth-order valence-electron chi connectivity index (χ4n) is 1.04. The van der Waals surface area contributed by atoms with Crippen LogP contribution in [0.2, 0.25) is 0 Å². The van der Waals surface area contributed by atoms with Gasteiger partial charge in [-0.3, -0.25) is 19.8 Å². The molecular formula is C9H16ClN3O5. The number of rotatable bonds is 4. The summed E-state index contributed by atoms with van der Waals surface area (Å²) in [5.74, 6) is -0.438. The second-order valence-corrected chi connectivity index (χ2v) is 3.33. The van der Waals surface area contributed by atoms with Gasteiger partial charge in [0.2, 0.25) is 18.2 Å². The van der Waals surface area contributed by atoms with Crippen molar-refractivity contribution in [3.8, 4) is 0 Å². The van der Waals surface area contributed by atoms with Gasteiger partial charge in [0.1, 0.15) is 12.4 Å². The zero-order chi connectivity index (χ0) is 14.1. The van der Waals surface area contributed by atoms with E-state index in [0.29, 0.717) is 0 Å². The minimum absolute atomic E-state index is 0.0226. The Kier molecular flexibility index (Phi) is 8.01. The van der Waals surface area contributed by atoms with Crippen LogP contribution in [0, 0.1) is 0 Å². The number of carbonyl (C=O) groups is 3. The molecule has 9 heteroatoms. The van der Waals surface area contributed by atoms with Crippen LogP contribution in [0.15, 0.2) is 0 Å². The Balaban J connectivity index is 0.000000411. The second kappa shape index (κ2) is 8.67. The summed E-state index contributed by atoms with van der Waals surface area (Å²) in [5.41, 5.74) is 0. The van der Waals surface area contributed by atoms with Crippen LogP contribution in [0.4, 0.5) is 4.79 Å². The molecule has 1 heterocycles. The predicted octanol–water partition coefficient (Wildman–Crippen LogP) is -0.914. The number of imide groups is 1. The van der Waals surface area contributed by atoms with E-state index in [-0.39, 0.29) is 24.2 Å². The van der Waals surface area contributed by atoms with Crippen molar-refractivity contribution in [1.82, 2.24) is 15.5 Å². The molecule has 4 amide bonds. The van der Waals surface area contributed by atoms with Crippen molar-refractivity contribution in [1.29, 1.82) is 0 Å². The molecular weight excluding hydrogens is 266 g/mol. The van der Waals surface area contributed by atoms with E-state index in [1.54, 1.807) is 7.05 Å². The maximum absolute atomic E-state index is 11.0. The van der Waals surface area contributed by atoms with Crippen molar-refractivity contribution in [3.63, 3.8) is 0 Å². The average Bonchev–Trinajstić information content (AvgIpc) is 2.70. The molecule has 0 atom stereocenters. The standard InChI is InChI=1S/C6H10N2O4.C3H6ClNO/c1-11-6(12-2)8-3-4(9)7-5(8)10;1-5-3(6)2-4/h6H,3H2,1-2H3,(H,7,9,10);2H2,1H3,(H,5,6). The summed E-state index contributed by atoms with van der Waals surface area (Å²) in [6, 6.07) is -0.492. The van der Waals surface area contributed by atoms with E-state index in [0.717, 1.165) is 4.90 Å². The van der Waals surface area contributed by atoms with Gasteiger partial charge >= 0.3 is 6.03 Å². The number of halogens is 1. The SMILES string of the molecule is CNC(=O)CCl.COC(OC)N1CC(=O)NC1=O.